The summed E-state index contributed by atoms with van der Waals surface area (Å²) in [6.07, 6.45) is 0.813. The summed E-state index contributed by atoms with van der Waals surface area (Å²) in [4.78, 5) is 11.3. The molecule has 0 heterocycles. The molecule has 0 aliphatic heterocycles. The van der Waals surface area contributed by atoms with Crippen LogP contribution in [0.5, 0.6) is 0 Å². The molecule has 1 amide bonds. The van der Waals surface area contributed by atoms with Crippen molar-refractivity contribution in [2.24, 2.45) is 17.2 Å². The van der Waals surface area contributed by atoms with E-state index in [4.69, 9.17) is 5.84 Å². The first-order chi connectivity index (χ1) is 4.99. The lowest BCUT2D eigenvalue weighted by Crippen LogP contribution is -2.45. The van der Waals surface area contributed by atoms with E-state index in [0.29, 0.717) is 5.92 Å². The summed E-state index contributed by atoms with van der Waals surface area (Å²) in [5.41, 5.74) is 1.87. The van der Waals surface area contributed by atoms with Crippen LogP contribution in [0.2, 0.25) is 0 Å². The highest BCUT2D eigenvalue weighted by atomic mass is 16.2. The lowest BCUT2D eigenvalue weighted by Gasteiger charge is -2.29. The van der Waals surface area contributed by atoms with E-state index < -0.39 is 0 Å². The average Bonchev–Trinajstić information content (AvgIpc) is 2.01. The van der Waals surface area contributed by atoms with Crippen molar-refractivity contribution in [2.75, 3.05) is 0 Å². The number of rotatable bonds is 3. The molecule has 0 aromatic heterocycles. The van der Waals surface area contributed by atoms with Crippen LogP contribution in [0.15, 0.2) is 0 Å². The summed E-state index contributed by atoms with van der Waals surface area (Å²) in [5.74, 6) is 5.31. The Balaban J connectivity index is 4.45. The van der Waals surface area contributed by atoms with E-state index in [1.165, 1.54) is 0 Å². The Kier molecular flexibility index (Phi) is 3.52. The molecule has 66 valence electrons. The van der Waals surface area contributed by atoms with Crippen LogP contribution in [0, 0.1) is 11.3 Å². The van der Waals surface area contributed by atoms with Crippen LogP contribution in [0.25, 0.3) is 0 Å². The number of hydrogen-bond acceptors (Lipinski definition) is 2. The van der Waals surface area contributed by atoms with Crippen LogP contribution >= 0.6 is 0 Å². The van der Waals surface area contributed by atoms with Gasteiger partial charge in [0.2, 0.25) is 5.91 Å². The highest BCUT2D eigenvalue weighted by molar-refractivity contribution is 5.81. The van der Waals surface area contributed by atoms with Gasteiger partial charge >= 0.3 is 0 Å². The van der Waals surface area contributed by atoms with E-state index in [9.17, 15) is 4.79 Å². The predicted octanol–water partition coefficient (Wildman–Crippen LogP) is 1.05. The van der Waals surface area contributed by atoms with Crippen molar-refractivity contribution in [1.29, 1.82) is 0 Å². The maximum Gasteiger partial charge on any atom is 0.240 e. The minimum absolute atomic E-state index is 0.0741. The van der Waals surface area contributed by atoms with Gasteiger partial charge in [-0.15, -0.1) is 0 Å². The van der Waals surface area contributed by atoms with Crippen LogP contribution < -0.4 is 11.3 Å². The smallest absolute Gasteiger partial charge is 0.240 e. The van der Waals surface area contributed by atoms with Gasteiger partial charge in [-0.2, -0.15) is 0 Å². The van der Waals surface area contributed by atoms with Gasteiger partial charge in [0.25, 0.3) is 0 Å². The first kappa shape index (κ1) is 10.4. The monoisotopic (exact) mass is 158 g/mol. The van der Waals surface area contributed by atoms with Crippen LogP contribution in [0.3, 0.4) is 0 Å². The number of nitrogens with one attached hydrogen (secondary N) is 1. The summed E-state index contributed by atoms with van der Waals surface area (Å²) in [5, 5.41) is 0. The lowest BCUT2D eigenvalue weighted by atomic mass is 9.76. The van der Waals surface area contributed by atoms with E-state index >= 15 is 0 Å². The molecule has 0 radical (unpaired) electrons. The Morgan fingerprint density at radius 3 is 2.18 bits per heavy atom. The molecule has 3 heteroatoms. The van der Waals surface area contributed by atoms with Crippen molar-refractivity contribution >= 4 is 5.91 Å². The van der Waals surface area contributed by atoms with Crippen molar-refractivity contribution in [2.45, 2.75) is 34.1 Å². The standard InChI is InChI=1S/C8H18N2O/c1-5-8(4,6(2)3)7(11)10-9/h6H,5,9H2,1-4H3,(H,10,11). The zero-order valence-electron chi connectivity index (χ0n) is 7.77. The van der Waals surface area contributed by atoms with Gasteiger partial charge in [0.05, 0.1) is 0 Å². The largest absolute Gasteiger partial charge is 0.294 e. The second-order valence-corrected chi connectivity index (χ2v) is 3.40. The minimum Gasteiger partial charge on any atom is -0.294 e. The van der Waals surface area contributed by atoms with Crippen LogP contribution in [0.1, 0.15) is 34.1 Å². The Morgan fingerprint density at radius 1 is 1.64 bits per heavy atom. The fraction of sp³-hybridized carbons (Fsp3) is 0.875. The average molecular weight is 158 g/mol. The quantitative estimate of drug-likeness (QED) is 0.366. The first-order valence-corrected chi connectivity index (χ1v) is 4.00. The van der Waals surface area contributed by atoms with E-state index in [0.717, 1.165) is 6.42 Å². The summed E-state index contributed by atoms with van der Waals surface area (Å²) in [6, 6.07) is 0. The highest BCUT2D eigenvalue weighted by Gasteiger charge is 2.33. The molecule has 0 aromatic rings. The second kappa shape index (κ2) is 3.72. The third-order valence-electron chi connectivity index (χ3n) is 2.66. The molecule has 1 atom stereocenters. The molecule has 0 saturated carbocycles. The van der Waals surface area contributed by atoms with Gasteiger partial charge < -0.3 is 0 Å². The van der Waals surface area contributed by atoms with E-state index in [-0.39, 0.29) is 11.3 Å². The van der Waals surface area contributed by atoms with Gasteiger partial charge in [-0.1, -0.05) is 27.7 Å². The van der Waals surface area contributed by atoms with Gasteiger partial charge in [-0.3, -0.25) is 10.2 Å². The third-order valence-corrected chi connectivity index (χ3v) is 2.66. The molecule has 0 spiro atoms. The predicted molar refractivity (Wildman–Crippen MR) is 45.6 cm³/mol. The maximum absolute atomic E-state index is 11.3. The Bertz CT molecular complexity index is 145. The lowest BCUT2D eigenvalue weighted by molar-refractivity contribution is -0.132. The first-order valence-electron chi connectivity index (χ1n) is 4.00. The molecule has 0 fully saturated rings. The van der Waals surface area contributed by atoms with Crippen LogP contribution in [0.4, 0.5) is 0 Å². The number of hydrazine groups is 1. The molecule has 0 rings (SSSR count). The van der Waals surface area contributed by atoms with Gasteiger partial charge in [-0.05, 0) is 12.3 Å². The van der Waals surface area contributed by atoms with Gasteiger partial charge in [0.1, 0.15) is 0 Å². The highest BCUT2D eigenvalue weighted by Crippen LogP contribution is 2.30. The molecular formula is C8H18N2O. The fourth-order valence-corrected chi connectivity index (χ4v) is 0.996. The summed E-state index contributed by atoms with van der Waals surface area (Å²) >= 11 is 0. The molecule has 0 aromatic carbocycles. The third kappa shape index (κ3) is 1.93. The van der Waals surface area contributed by atoms with Crippen molar-refractivity contribution in [3.63, 3.8) is 0 Å². The van der Waals surface area contributed by atoms with E-state index in [2.05, 4.69) is 5.43 Å². The van der Waals surface area contributed by atoms with E-state index in [1.54, 1.807) is 0 Å². The molecule has 3 N–H and O–H groups in total. The van der Waals surface area contributed by atoms with Gasteiger partial charge in [0.15, 0.2) is 0 Å². The van der Waals surface area contributed by atoms with Crippen molar-refractivity contribution in [3.05, 3.63) is 0 Å². The number of carbonyl (C=O) groups is 1. The number of nitrogens with two attached hydrogens (primary N) is 1. The van der Waals surface area contributed by atoms with Crippen molar-refractivity contribution in [1.82, 2.24) is 5.43 Å². The molecule has 0 aliphatic rings. The molecule has 0 bridgehead atoms. The molecule has 1 unspecified atom stereocenters. The maximum atomic E-state index is 11.3. The van der Waals surface area contributed by atoms with Gasteiger partial charge in [-0.25, -0.2) is 5.84 Å². The summed E-state index contributed by atoms with van der Waals surface area (Å²) in [7, 11) is 0. The Labute approximate surface area is 68.3 Å². The Morgan fingerprint density at radius 2 is 2.09 bits per heavy atom. The number of carbonyl (C=O) groups excluding carboxylic acids is 1. The number of hydrogen-bond donors (Lipinski definition) is 2. The number of amides is 1. The van der Waals surface area contributed by atoms with Crippen LogP contribution in [-0.4, -0.2) is 5.91 Å². The molecule has 0 aliphatic carbocycles. The summed E-state index contributed by atoms with van der Waals surface area (Å²) in [6.45, 7) is 7.98. The van der Waals surface area contributed by atoms with E-state index in [1.807, 2.05) is 27.7 Å². The SMILES string of the molecule is CCC(C)(C(=O)NN)C(C)C. The van der Waals surface area contributed by atoms with Crippen molar-refractivity contribution < 1.29 is 4.79 Å². The second-order valence-electron chi connectivity index (χ2n) is 3.40. The topological polar surface area (TPSA) is 55.1 Å². The van der Waals surface area contributed by atoms with Crippen LogP contribution in [-0.2, 0) is 4.79 Å². The molecule has 11 heavy (non-hydrogen) atoms. The zero-order valence-corrected chi connectivity index (χ0v) is 7.77. The Hall–Kier alpha value is -0.570. The molecule has 3 nitrogen and oxygen atoms in total. The zero-order chi connectivity index (χ0) is 9.07. The molecule has 0 saturated heterocycles. The minimum atomic E-state index is -0.325. The molecular weight excluding hydrogens is 140 g/mol. The van der Waals surface area contributed by atoms with Crippen molar-refractivity contribution in [3.8, 4) is 0 Å². The summed E-state index contributed by atoms with van der Waals surface area (Å²) < 4.78 is 0. The fourth-order valence-electron chi connectivity index (χ4n) is 0.996. The van der Waals surface area contributed by atoms with Gasteiger partial charge in [0, 0.05) is 5.41 Å². The normalized spacial score (nSPS) is 16.2.